The molecule has 1 saturated heterocycles. The third-order valence-electron chi connectivity index (χ3n) is 3.26. The molecule has 0 saturated carbocycles. The van der Waals surface area contributed by atoms with Crippen molar-refractivity contribution in [2.45, 2.75) is 32.2 Å². The van der Waals surface area contributed by atoms with Crippen molar-refractivity contribution in [2.24, 2.45) is 0 Å². The van der Waals surface area contributed by atoms with E-state index in [4.69, 9.17) is 5.73 Å². The summed E-state index contributed by atoms with van der Waals surface area (Å²) in [6.45, 7) is 6.25. The molecule has 1 atom stereocenters. The van der Waals surface area contributed by atoms with E-state index in [9.17, 15) is 0 Å². The minimum Gasteiger partial charge on any atom is -0.368 e. The molecule has 1 aliphatic heterocycles. The van der Waals surface area contributed by atoms with Crippen molar-refractivity contribution < 1.29 is 0 Å². The van der Waals surface area contributed by atoms with Crippen LogP contribution < -0.4 is 16.0 Å². The Bertz CT molecular complexity index is 390. The summed E-state index contributed by atoms with van der Waals surface area (Å²) in [7, 11) is 2.00. The van der Waals surface area contributed by atoms with Crippen LogP contribution >= 0.6 is 0 Å². The van der Waals surface area contributed by atoms with E-state index in [2.05, 4.69) is 40.1 Å². The van der Waals surface area contributed by atoms with Crippen LogP contribution in [0.1, 0.15) is 31.9 Å². The summed E-state index contributed by atoms with van der Waals surface area (Å²) >= 11 is 0. The van der Waals surface area contributed by atoms with Crippen LogP contribution in [0.4, 0.5) is 11.8 Å². The molecule has 0 aliphatic carbocycles. The van der Waals surface area contributed by atoms with Gasteiger partial charge in [0.1, 0.15) is 5.82 Å². The fraction of sp³-hybridized carbons (Fsp3) is 0.667. The molecule has 2 heterocycles. The summed E-state index contributed by atoms with van der Waals surface area (Å²) in [4.78, 5) is 10.9. The number of nitrogens with two attached hydrogens (primary N) is 1. The molecule has 0 radical (unpaired) electrons. The van der Waals surface area contributed by atoms with Crippen molar-refractivity contribution in [1.82, 2.24) is 15.3 Å². The van der Waals surface area contributed by atoms with E-state index < -0.39 is 0 Å². The summed E-state index contributed by atoms with van der Waals surface area (Å²) in [6.07, 6.45) is 1.15. The number of anilines is 2. The molecule has 0 aromatic carbocycles. The van der Waals surface area contributed by atoms with E-state index >= 15 is 0 Å². The van der Waals surface area contributed by atoms with Crippen molar-refractivity contribution in [3.05, 3.63) is 11.8 Å². The summed E-state index contributed by atoms with van der Waals surface area (Å²) in [5.41, 5.74) is 6.78. The van der Waals surface area contributed by atoms with Gasteiger partial charge in [0.15, 0.2) is 0 Å². The average Bonchev–Trinajstić information content (AvgIpc) is 2.76. The fourth-order valence-electron chi connectivity index (χ4n) is 2.13. The van der Waals surface area contributed by atoms with E-state index in [1.165, 1.54) is 0 Å². The maximum absolute atomic E-state index is 5.77. The van der Waals surface area contributed by atoms with Crippen LogP contribution in [-0.2, 0) is 0 Å². The quantitative estimate of drug-likeness (QED) is 0.817. The van der Waals surface area contributed by atoms with E-state index in [0.717, 1.165) is 31.0 Å². The molecular formula is C12H21N5. The van der Waals surface area contributed by atoms with Crippen LogP contribution in [0.25, 0.3) is 0 Å². The number of nitrogens with one attached hydrogen (secondary N) is 1. The molecule has 5 heteroatoms. The molecule has 0 bridgehead atoms. The van der Waals surface area contributed by atoms with Crippen LogP contribution in [0.2, 0.25) is 0 Å². The molecule has 1 aromatic rings. The van der Waals surface area contributed by atoms with Gasteiger partial charge in [-0.3, -0.25) is 0 Å². The van der Waals surface area contributed by atoms with Crippen molar-refractivity contribution >= 4 is 11.8 Å². The molecule has 0 unspecified atom stereocenters. The third-order valence-corrected chi connectivity index (χ3v) is 3.26. The lowest BCUT2D eigenvalue weighted by Gasteiger charge is -2.19. The van der Waals surface area contributed by atoms with Gasteiger partial charge in [-0.1, -0.05) is 13.8 Å². The van der Waals surface area contributed by atoms with Gasteiger partial charge in [-0.2, -0.15) is 4.98 Å². The highest BCUT2D eigenvalue weighted by Gasteiger charge is 2.22. The molecule has 94 valence electrons. The second-order valence-electron chi connectivity index (χ2n) is 4.88. The van der Waals surface area contributed by atoms with Gasteiger partial charge in [0.05, 0.1) is 5.69 Å². The van der Waals surface area contributed by atoms with Gasteiger partial charge in [-0.05, 0) is 19.4 Å². The standard InChI is InChI=1S/C12H21N5/c1-8(2)10-6-11(16-12(13)15-10)17-5-4-9(7-17)14-3/h6,8-9,14H,4-5,7H2,1-3H3,(H2,13,15,16)/t9-/m0/s1. The number of hydrogen-bond donors (Lipinski definition) is 2. The lowest BCUT2D eigenvalue weighted by Crippen LogP contribution is -2.30. The fourth-order valence-corrected chi connectivity index (χ4v) is 2.13. The highest BCUT2D eigenvalue weighted by Crippen LogP contribution is 2.22. The Morgan fingerprint density at radius 1 is 1.47 bits per heavy atom. The van der Waals surface area contributed by atoms with Gasteiger partial charge < -0.3 is 16.0 Å². The lowest BCUT2D eigenvalue weighted by atomic mass is 10.1. The third kappa shape index (κ3) is 2.66. The highest BCUT2D eigenvalue weighted by molar-refractivity contribution is 5.45. The minimum atomic E-state index is 0.374. The number of rotatable bonds is 3. The van der Waals surface area contributed by atoms with Crippen molar-refractivity contribution in [2.75, 3.05) is 30.8 Å². The first-order valence-electron chi connectivity index (χ1n) is 6.17. The normalized spacial score (nSPS) is 20.2. The molecule has 2 rings (SSSR count). The molecular weight excluding hydrogens is 214 g/mol. The Balaban J connectivity index is 2.21. The Morgan fingerprint density at radius 2 is 2.24 bits per heavy atom. The predicted octanol–water partition coefficient (Wildman–Crippen LogP) is 0.980. The molecule has 0 amide bonds. The maximum Gasteiger partial charge on any atom is 0.222 e. The van der Waals surface area contributed by atoms with Crippen molar-refractivity contribution in [3.63, 3.8) is 0 Å². The maximum atomic E-state index is 5.77. The van der Waals surface area contributed by atoms with Gasteiger partial charge >= 0.3 is 0 Å². The first kappa shape index (κ1) is 12.1. The zero-order valence-electron chi connectivity index (χ0n) is 10.8. The zero-order chi connectivity index (χ0) is 12.4. The Hall–Kier alpha value is -1.36. The predicted molar refractivity (Wildman–Crippen MR) is 70.2 cm³/mol. The molecule has 0 spiro atoms. The molecule has 3 N–H and O–H groups in total. The van der Waals surface area contributed by atoms with Gasteiger partial charge in [0.2, 0.25) is 5.95 Å². The van der Waals surface area contributed by atoms with E-state index in [1.54, 1.807) is 0 Å². The molecule has 1 fully saturated rings. The number of likely N-dealkylation sites (N-methyl/N-ethyl adjacent to an activating group) is 1. The number of nitrogens with zero attached hydrogens (tertiary/aromatic N) is 3. The molecule has 1 aromatic heterocycles. The summed E-state index contributed by atoms with van der Waals surface area (Å²) in [6, 6.07) is 2.60. The first-order chi connectivity index (χ1) is 8.10. The molecule has 1 aliphatic rings. The second kappa shape index (κ2) is 4.87. The minimum absolute atomic E-state index is 0.374. The van der Waals surface area contributed by atoms with Gasteiger partial charge in [-0.25, -0.2) is 4.98 Å². The van der Waals surface area contributed by atoms with Crippen molar-refractivity contribution in [1.29, 1.82) is 0 Å². The first-order valence-corrected chi connectivity index (χ1v) is 6.17. The average molecular weight is 235 g/mol. The summed E-state index contributed by atoms with van der Waals surface area (Å²) in [5, 5.41) is 3.30. The van der Waals surface area contributed by atoms with Gasteiger partial charge in [0.25, 0.3) is 0 Å². The largest absolute Gasteiger partial charge is 0.368 e. The second-order valence-corrected chi connectivity index (χ2v) is 4.88. The monoisotopic (exact) mass is 235 g/mol. The van der Waals surface area contributed by atoms with E-state index in [-0.39, 0.29) is 0 Å². The molecule has 17 heavy (non-hydrogen) atoms. The Labute approximate surface area is 102 Å². The summed E-state index contributed by atoms with van der Waals surface area (Å²) in [5.74, 6) is 1.71. The van der Waals surface area contributed by atoms with E-state index in [0.29, 0.717) is 17.9 Å². The number of aromatic nitrogens is 2. The van der Waals surface area contributed by atoms with Gasteiger partial charge in [-0.15, -0.1) is 0 Å². The van der Waals surface area contributed by atoms with Crippen LogP contribution in [0, 0.1) is 0 Å². The number of hydrogen-bond acceptors (Lipinski definition) is 5. The summed E-state index contributed by atoms with van der Waals surface area (Å²) < 4.78 is 0. The number of nitrogen functional groups attached to an aromatic ring is 1. The van der Waals surface area contributed by atoms with Crippen LogP contribution in [-0.4, -0.2) is 36.1 Å². The van der Waals surface area contributed by atoms with Crippen LogP contribution in [0.3, 0.4) is 0 Å². The van der Waals surface area contributed by atoms with Crippen molar-refractivity contribution in [3.8, 4) is 0 Å². The Kier molecular flexibility index (Phi) is 3.47. The van der Waals surface area contributed by atoms with Gasteiger partial charge in [0, 0.05) is 25.2 Å². The van der Waals surface area contributed by atoms with Crippen LogP contribution in [0.15, 0.2) is 6.07 Å². The lowest BCUT2D eigenvalue weighted by molar-refractivity contribution is 0.616. The van der Waals surface area contributed by atoms with Crippen LogP contribution in [0.5, 0.6) is 0 Å². The Morgan fingerprint density at radius 3 is 2.82 bits per heavy atom. The highest BCUT2D eigenvalue weighted by atomic mass is 15.2. The SMILES string of the molecule is CN[C@H]1CCN(c2cc(C(C)C)nc(N)n2)C1. The topological polar surface area (TPSA) is 67.1 Å². The zero-order valence-corrected chi connectivity index (χ0v) is 10.8. The molecule has 5 nitrogen and oxygen atoms in total. The smallest absolute Gasteiger partial charge is 0.222 e. The van der Waals surface area contributed by atoms with E-state index in [1.807, 2.05) is 7.05 Å².